The zero-order valence-electron chi connectivity index (χ0n) is 9.13. The molecule has 4 heteroatoms. The van der Waals surface area contributed by atoms with E-state index in [1.165, 1.54) is 0 Å². The third kappa shape index (κ3) is 3.01. The van der Waals surface area contributed by atoms with Crippen LogP contribution in [0.4, 0.5) is 0 Å². The van der Waals surface area contributed by atoms with Gasteiger partial charge in [0.25, 0.3) is 0 Å². The zero-order valence-corrected chi connectivity index (χ0v) is 9.13. The smallest absolute Gasteiger partial charge is 0.249 e. The Balaban J connectivity index is 2.45. The number of carbonyl (C=O) groups is 1. The van der Waals surface area contributed by atoms with E-state index in [-0.39, 0.29) is 11.9 Å². The van der Waals surface area contributed by atoms with Gasteiger partial charge in [0.15, 0.2) is 5.96 Å². The molecule has 1 rings (SSSR count). The third-order valence-corrected chi connectivity index (χ3v) is 2.06. The van der Waals surface area contributed by atoms with Crippen LogP contribution in [0, 0.1) is 5.92 Å². The van der Waals surface area contributed by atoms with Gasteiger partial charge in [0, 0.05) is 6.54 Å². The Morgan fingerprint density at radius 2 is 2.21 bits per heavy atom. The molecule has 0 saturated carbocycles. The van der Waals surface area contributed by atoms with E-state index in [1.807, 2.05) is 0 Å². The zero-order chi connectivity index (χ0) is 10.6. The second-order valence-corrected chi connectivity index (χ2v) is 4.06. The van der Waals surface area contributed by atoms with Crippen LogP contribution in [0.25, 0.3) is 0 Å². The summed E-state index contributed by atoms with van der Waals surface area (Å²) in [6, 6.07) is -0.0779. The van der Waals surface area contributed by atoms with Crippen LogP contribution in [0.15, 0.2) is 4.99 Å². The minimum atomic E-state index is -0.0779. The maximum Gasteiger partial charge on any atom is 0.249 e. The number of hydrogen-bond donors (Lipinski definition) is 2. The van der Waals surface area contributed by atoms with Crippen molar-refractivity contribution in [1.82, 2.24) is 10.6 Å². The Bertz CT molecular complexity index is 236. The molecule has 14 heavy (non-hydrogen) atoms. The summed E-state index contributed by atoms with van der Waals surface area (Å²) in [6.07, 6.45) is 1.87. The lowest BCUT2D eigenvalue weighted by atomic mass is 10.2. The predicted octanol–water partition coefficient (Wildman–Crippen LogP) is 0.886. The first-order chi connectivity index (χ1) is 6.63. The number of amides is 1. The maximum atomic E-state index is 11.4. The molecule has 1 saturated heterocycles. The van der Waals surface area contributed by atoms with Gasteiger partial charge in [-0.3, -0.25) is 15.1 Å². The molecule has 1 aliphatic heterocycles. The number of rotatable bonds is 4. The highest BCUT2D eigenvalue weighted by molar-refractivity contribution is 6.06. The van der Waals surface area contributed by atoms with Crippen molar-refractivity contribution in [2.24, 2.45) is 10.9 Å². The van der Waals surface area contributed by atoms with E-state index in [0.29, 0.717) is 11.9 Å². The second-order valence-electron chi connectivity index (χ2n) is 4.06. The molecular weight excluding hydrogens is 178 g/mol. The summed E-state index contributed by atoms with van der Waals surface area (Å²) < 4.78 is 0. The minimum absolute atomic E-state index is 0.0503. The molecule has 0 spiro atoms. The fraction of sp³-hybridized carbons (Fsp3) is 0.800. The van der Waals surface area contributed by atoms with Gasteiger partial charge in [0.05, 0.1) is 0 Å². The van der Waals surface area contributed by atoms with E-state index in [4.69, 9.17) is 0 Å². The summed E-state index contributed by atoms with van der Waals surface area (Å²) in [4.78, 5) is 15.6. The van der Waals surface area contributed by atoms with Crippen molar-refractivity contribution >= 4 is 11.9 Å². The summed E-state index contributed by atoms with van der Waals surface area (Å²) >= 11 is 0. The minimum Gasteiger partial charge on any atom is -0.344 e. The fourth-order valence-corrected chi connectivity index (χ4v) is 1.32. The van der Waals surface area contributed by atoms with Crippen LogP contribution in [-0.4, -0.2) is 24.5 Å². The molecule has 0 radical (unpaired) electrons. The Kier molecular flexibility index (Phi) is 3.92. The summed E-state index contributed by atoms with van der Waals surface area (Å²) in [5.41, 5.74) is 0. The Morgan fingerprint density at radius 3 is 2.79 bits per heavy atom. The molecule has 0 bridgehead atoms. The quantitative estimate of drug-likeness (QED) is 0.703. The summed E-state index contributed by atoms with van der Waals surface area (Å²) in [5.74, 6) is 1.21. The number of aliphatic imine (C=N–C) groups is 1. The lowest BCUT2D eigenvalue weighted by Crippen LogP contribution is -2.29. The van der Waals surface area contributed by atoms with Crippen molar-refractivity contribution in [3.8, 4) is 0 Å². The average molecular weight is 197 g/mol. The third-order valence-electron chi connectivity index (χ3n) is 2.06. The van der Waals surface area contributed by atoms with E-state index in [9.17, 15) is 4.79 Å². The summed E-state index contributed by atoms with van der Waals surface area (Å²) in [6.45, 7) is 7.02. The van der Waals surface area contributed by atoms with Crippen LogP contribution in [0.2, 0.25) is 0 Å². The monoisotopic (exact) mass is 197 g/mol. The van der Waals surface area contributed by atoms with Crippen LogP contribution in [0.1, 0.15) is 33.6 Å². The first-order valence-electron chi connectivity index (χ1n) is 5.25. The van der Waals surface area contributed by atoms with Crippen LogP contribution < -0.4 is 10.6 Å². The topological polar surface area (TPSA) is 53.5 Å². The highest BCUT2D eigenvalue weighted by Gasteiger charge is 2.26. The second kappa shape index (κ2) is 4.98. The molecule has 1 heterocycles. The first kappa shape index (κ1) is 11.0. The Morgan fingerprint density at radius 1 is 1.50 bits per heavy atom. The van der Waals surface area contributed by atoms with Crippen molar-refractivity contribution in [2.45, 2.75) is 39.7 Å². The predicted molar refractivity (Wildman–Crippen MR) is 57.1 cm³/mol. The Hall–Kier alpha value is -1.06. The number of nitrogens with one attached hydrogen (secondary N) is 2. The number of guanidine groups is 1. The van der Waals surface area contributed by atoms with E-state index >= 15 is 0 Å². The fourth-order valence-electron chi connectivity index (χ4n) is 1.32. The van der Waals surface area contributed by atoms with Gasteiger partial charge in [-0.2, -0.15) is 0 Å². The average Bonchev–Trinajstić information content (AvgIpc) is 2.45. The van der Waals surface area contributed by atoms with Crippen LogP contribution in [0.5, 0.6) is 0 Å². The van der Waals surface area contributed by atoms with Crippen molar-refractivity contribution in [3.05, 3.63) is 0 Å². The molecule has 1 atom stereocenters. The molecule has 0 aromatic carbocycles. The van der Waals surface area contributed by atoms with E-state index in [2.05, 4.69) is 36.4 Å². The Labute approximate surface area is 85.2 Å². The normalized spacial score (nSPS) is 24.1. The maximum absolute atomic E-state index is 11.4. The number of nitrogens with zero attached hydrogens (tertiary/aromatic N) is 1. The molecule has 0 aromatic heterocycles. The van der Waals surface area contributed by atoms with Gasteiger partial charge in [-0.25, -0.2) is 0 Å². The summed E-state index contributed by atoms with van der Waals surface area (Å²) in [7, 11) is 0. The molecule has 1 aliphatic rings. The highest BCUT2D eigenvalue weighted by atomic mass is 16.2. The molecular formula is C10H19N3O. The van der Waals surface area contributed by atoms with Gasteiger partial charge < -0.3 is 5.32 Å². The van der Waals surface area contributed by atoms with E-state index in [1.54, 1.807) is 0 Å². The summed E-state index contributed by atoms with van der Waals surface area (Å²) in [5, 5.41) is 5.83. The van der Waals surface area contributed by atoms with Gasteiger partial charge in [0.2, 0.25) is 5.91 Å². The van der Waals surface area contributed by atoms with Gasteiger partial charge in [-0.05, 0) is 12.3 Å². The van der Waals surface area contributed by atoms with Gasteiger partial charge >= 0.3 is 0 Å². The molecule has 0 aromatic rings. The molecule has 4 nitrogen and oxygen atoms in total. The largest absolute Gasteiger partial charge is 0.344 e. The lowest BCUT2D eigenvalue weighted by Gasteiger charge is -2.04. The first-order valence-corrected chi connectivity index (χ1v) is 5.25. The molecule has 1 fully saturated rings. The van der Waals surface area contributed by atoms with Crippen molar-refractivity contribution in [2.75, 3.05) is 6.54 Å². The van der Waals surface area contributed by atoms with Crippen LogP contribution >= 0.6 is 0 Å². The number of carbonyl (C=O) groups excluding carboxylic acids is 1. The molecule has 1 amide bonds. The van der Waals surface area contributed by atoms with E-state index < -0.39 is 0 Å². The van der Waals surface area contributed by atoms with E-state index in [0.717, 1.165) is 19.4 Å². The molecule has 80 valence electrons. The highest BCUT2D eigenvalue weighted by Crippen LogP contribution is 2.02. The van der Waals surface area contributed by atoms with Gasteiger partial charge in [0.1, 0.15) is 6.04 Å². The van der Waals surface area contributed by atoms with Crippen molar-refractivity contribution < 1.29 is 4.79 Å². The van der Waals surface area contributed by atoms with Crippen LogP contribution in [-0.2, 0) is 4.79 Å². The SMILES string of the molecule is CCCC1NC(=NCC(C)C)NC1=O. The van der Waals surface area contributed by atoms with Crippen molar-refractivity contribution in [3.63, 3.8) is 0 Å². The van der Waals surface area contributed by atoms with Crippen LogP contribution in [0.3, 0.4) is 0 Å². The lowest BCUT2D eigenvalue weighted by molar-refractivity contribution is -0.120. The molecule has 1 unspecified atom stereocenters. The van der Waals surface area contributed by atoms with Crippen molar-refractivity contribution in [1.29, 1.82) is 0 Å². The standard InChI is InChI=1S/C10H19N3O/c1-4-5-8-9(14)13-10(12-8)11-6-7(2)3/h7-8H,4-6H2,1-3H3,(H2,11,12,13,14). The molecule has 2 N–H and O–H groups in total. The molecule has 0 aliphatic carbocycles. The van der Waals surface area contributed by atoms with Gasteiger partial charge in [-0.15, -0.1) is 0 Å². The number of hydrogen-bond acceptors (Lipinski definition) is 2. The van der Waals surface area contributed by atoms with Gasteiger partial charge in [-0.1, -0.05) is 27.2 Å².